The fraction of sp³-hybridized carbons (Fsp3) is 0.769. The van der Waals surface area contributed by atoms with Gasteiger partial charge in [0.15, 0.2) is 5.78 Å². The van der Waals surface area contributed by atoms with Crippen LogP contribution in [0, 0.1) is 0 Å². The minimum absolute atomic E-state index is 0.329. The Morgan fingerprint density at radius 3 is 2.93 bits per heavy atom. The summed E-state index contributed by atoms with van der Waals surface area (Å²) in [7, 11) is 0. The lowest BCUT2D eigenvalue weighted by Gasteiger charge is -2.10. The van der Waals surface area contributed by atoms with Gasteiger partial charge in [-0.2, -0.15) is 0 Å². The van der Waals surface area contributed by atoms with Crippen molar-refractivity contribution in [2.45, 2.75) is 57.5 Å². The van der Waals surface area contributed by atoms with Crippen molar-refractivity contribution < 1.29 is 9.53 Å². The van der Waals surface area contributed by atoms with Crippen LogP contribution in [-0.4, -0.2) is 18.5 Å². The smallest absolute Gasteiger partial charge is 0.155 e. The van der Waals surface area contributed by atoms with E-state index in [9.17, 15) is 4.79 Å². The number of ketones is 1. The SMILES string of the molecule is O=C1C=C(CCC2CCCO2)CCCC1. The highest BCUT2D eigenvalue weighted by Gasteiger charge is 2.16. The first-order chi connectivity index (χ1) is 7.34. The molecule has 1 fully saturated rings. The molecular weight excluding hydrogens is 188 g/mol. The number of carbonyl (C=O) groups is 1. The molecule has 1 heterocycles. The molecule has 1 aliphatic carbocycles. The second-order valence-electron chi connectivity index (χ2n) is 4.65. The number of carbonyl (C=O) groups excluding carboxylic acids is 1. The van der Waals surface area contributed by atoms with Crippen molar-refractivity contribution in [3.8, 4) is 0 Å². The predicted molar refractivity (Wildman–Crippen MR) is 59.8 cm³/mol. The summed E-state index contributed by atoms with van der Waals surface area (Å²) in [6.45, 7) is 0.933. The summed E-state index contributed by atoms with van der Waals surface area (Å²) in [5.41, 5.74) is 1.35. The van der Waals surface area contributed by atoms with Gasteiger partial charge in [-0.25, -0.2) is 0 Å². The third-order valence-electron chi connectivity index (χ3n) is 3.35. The Morgan fingerprint density at radius 2 is 2.13 bits per heavy atom. The van der Waals surface area contributed by atoms with Gasteiger partial charge in [0.05, 0.1) is 6.10 Å². The molecule has 0 saturated carbocycles. The first kappa shape index (κ1) is 10.9. The monoisotopic (exact) mass is 208 g/mol. The van der Waals surface area contributed by atoms with E-state index in [0.29, 0.717) is 11.9 Å². The maximum Gasteiger partial charge on any atom is 0.155 e. The number of allylic oxidation sites excluding steroid dienone is 2. The molecule has 2 aliphatic rings. The van der Waals surface area contributed by atoms with Gasteiger partial charge in [-0.05, 0) is 51.0 Å². The van der Waals surface area contributed by atoms with Crippen LogP contribution in [0.2, 0.25) is 0 Å². The topological polar surface area (TPSA) is 26.3 Å². The molecule has 15 heavy (non-hydrogen) atoms. The largest absolute Gasteiger partial charge is 0.378 e. The summed E-state index contributed by atoms with van der Waals surface area (Å²) in [4.78, 5) is 11.4. The Labute approximate surface area is 91.7 Å². The highest BCUT2D eigenvalue weighted by molar-refractivity contribution is 5.90. The summed E-state index contributed by atoms with van der Waals surface area (Å²) < 4.78 is 5.59. The summed E-state index contributed by atoms with van der Waals surface area (Å²) in [5, 5.41) is 0. The van der Waals surface area contributed by atoms with Gasteiger partial charge in [0, 0.05) is 13.0 Å². The first-order valence-electron chi connectivity index (χ1n) is 6.18. The van der Waals surface area contributed by atoms with Crippen molar-refractivity contribution in [1.82, 2.24) is 0 Å². The maximum atomic E-state index is 11.4. The molecule has 0 aromatic heterocycles. The summed E-state index contributed by atoms with van der Waals surface area (Å²) in [6.07, 6.45) is 11.1. The van der Waals surface area contributed by atoms with Gasteiger partial charge in [0.25, 0.3) is 0 Å². The van der Waals surface area contributed by atoms with Crippen LogP contribution in [0.1, 0.15) is 51.4 Å². The molecule has 1 aliphatic heterocycles. The van der Waals surface area contributed by atoms with Crippen LogP contribution in [-0.2, 0) is 9.53 Å². The van der Waals surface area contributed by atoms with Gasteiger partial charge < -0.3 is 4.74 Å². The fourth-order valence-corrected chi connectivity index (χ4v) is 2.44. The minimum atomic E-state index is 0.329. The van der Waals surface area contributed by atoms with Crippen molar-refractivity contribution >= 4 is 5.78 Å². The molecule has 1 unspecified atom stereocenters. The molecule has 0 radical (unpaired) electrons. The van der Waals surface area contributed by atoms with Gasteiger partial charge in [-0.15, -0.1) is 0 Å². The van der Waals surface area contributed by atoms with Gasteiger partial charge >= 0.3 is 0 Å². The average molecular weight is 208 g/mol. The van der Waals surface area contributed by atoms with Crippen molar-refractivity contribution in [1.29, 1.82) is 0 Å². The van der Waals surface area contributed by atoms with E-state index in [-0.39, 0.29) is 0 Å². The van der Waals surface area contributed by atoms with Crippen molar-refractivity contribution in [2.24, 2.45) is 0 Å². The predicted octanol–water partition coefficient (Wildman–Crippen LogP) is 3.02. The molecule has 0 amide bonds. The van der Waals surface area contributed by atoms with E-state index in [2.05, 4.69) is 0 Å². The van der Waals surface area contributed by atoms with Crippen LogP contribution >= 0.6 is 0 Å². The molecule has 1 atom stereocenters. The number of hydrogen-bond acceptors (Lipinski definition) is 2. The first-order valence-corrected chi connectivity index (χ1v) is 6.18. The third kappa shape index (κ3) is 3.45. The van der Waals surface area contributed by atoms with Gasteiger partial charge in [0.1, 0.15) is 0 Å². The second-order valence-corrected chi connectivity index (χ2v) is 4.65. The Morgan fingerprint density at radius 1 is 1.27 bits per heavy atom. The standard InChI is InChI=1S/C13H20O2/c14-12-5-2-1-4-11(10-12)7-8-13-6-3-9-15-13/h10,13H,1-9H2. The van der Waals surface area contributed by atoms with E-state index in [1.54, 1.807) is 0 Å². The maximum absolute atomic E-state index is 11.4. The van der Waals surface area contributed by atoms with Gasteiger partial charge in [0.2, 0.25) is 0 Å². The summed E-state index contributed by atoms with van der Waals surface area (Å²) in [6, 6.07) is 0. The molecule has 0 aromatic rings. The lowest BCUT2D eigenvalue weighted by molar-refractivity contribution is -0.114. The van der Waals surface area contributed by atoms with E-state index in [1.807, 2.05) is 6.08 Å². The van der Waals surface area contributed by atoms with Crippen LogP contribution in [0.25, 0.3) is 0 Å². The van der Waals surface area contributed by atoms with E-state index in [1.165, 1.54) is 24.8 Å². The average Bonchev–Trinajstić information content (AvgIpc) is 2.65. The van der Waals surface area contributed by atoms with Crippen LogP contribution in [0.3, 0.4) is 0 Å². The second kappa shape index (κ2) is 5.45. The van der Waals surface area contributed by atoms with Gasteiger partial charge in [-0.1, -0.05) is 5.57 Å². The zero-order valence-corrected chi connectivity index (χ0v) is 9.34. The Kier molecular flexibility index (Phi) is 3.95. The minimum Gasteiger partial charge on any atom is -0.378 e. The molecular formula is C13H20O2. The Balaban J connectivity index is 1.79. The van der Waals surface area contributed by atoms with Gasteiger partial charge in [-0.3, -0.25) is 4.79 Å². The summed E-state index contributed by atoms with van der Waals surface area (Å²) >= 11 is 0. The van der Waals surface area contributed by atoms with Crippen LogP contribution in [0.4, 0.5) is 0 Å². The molecule has 84 valence electrons. The highest BCUT2D eigenvalue weighted by Crippen LogP contribution is 2.23. The molecule has 2 heteroatoms. The van der Waals surface area contributed by atoms with Crippen molar-refractivity contribution in [3.05, 3.63) is 11.6 Å². The van der Waals surface area contributed by atoms with Crippen LogP contribution < -0.4 is 0 Å². The Bertz CT molecular complexity index is 249. The van der Waals surface area contributed by atoms with E-state index in [0.717, 1.165) is 38.7 Å². The quantitative estimate of drug-likeness (QED) is 0.712. The Hall–Kier alpha value is -0.630. The summed E-state index contributed by atoms with van der Waals surface area (Å²) in [5.74, 6) is 0.329. The molecule has 0 bridgehead atoms. The molecule has 2 rings (SSSR count). The molecule has 0 aromatic carbocycles. The van der Waals surface area contributed by atoms with E-state index >= 15 is 0 Å². The van der Waals surface area contributed by atoms with Crippen molar-refractivity contribution in [3.63, 3.8) is 0 Å². The lowest BCUT2D eigenvalue weighted by atomic mass is 10.0. The zero-order valence-electron chi connectivity index (χ0n) is 9.34. The molecule has 0 spiro atoms. The number of rotatable bonds is 3. The fourth-order valence-electron chi connectivity index (χ4n) is 2.44. The number of ether oxygens (including phenoxy) is 1. The highest BCUT2D eigenvalue weighted by atomic mass is 16.5. The van der Waals surface area contributed by atoms with E-state index in [4.69, 9.17) is 4.74 Å². The van der Waals surface area contributed by atoms with Crippen LogP contribution in [0.15, 0.2) is 11.6 Å². The van der Waals surface area contributed by atoms with Crippen molar-refractivity contribution in [2.75, 3.05) is 6.61 Å². The molecule has 1 saturated heterocycles. The molecule has 0 N–H and O–H groups in total. The zero-order chi connectivity index (χ0) is 10.5. The van der Waals surface area contributed by atoms with E-state index < -0.39 is 0 Å². The normalized spacial score (nSPS) is 27.6. The number of hydrogen-bond donors (Lipinski definition) is 0. The lowest BCUT2D eigenvalue weighted by Crippen LogP contribution is -2.05. The molecule has 2 nitrogen and oxygen atoms in total. The third-order valence-corrected chi connectivity index (χ3v) is 3.35. The van der Waals surface area contributed by atoms with Crippen LogP contribution in [0.5, 0.6) is 0 Å².